The van der Waals surface area contributed by atoms with E-state index < -0.39 is 0 Å². The molecular weight excluding hydrogens is 260 g/mol. The SMILES string of the molecule is CCNC1c2cc(OC)ccc2CC1N(C)C(C)C1CC1. The van der Waals surface area contributed by atoms with Crippen molar-refractivity contribution in [1.29, 1.82) is 0 Å². The molecule has 0 aliphatic heterocycles. The quantitative estimate of drug-likeness (QED) is 0.871. The largest absolute Gasteiger partial charge is 0.497 e. The van der Waals surface area contributed by atoms with E-state index >= 15 is 0 Å². The first-order chi connectivity index (χ1) is 10.2. The van der Waals surface area contributed by atoms with Crippen molar-refractivity contribution in [3.8, 4) is 5.75 Å². The minimum Gasteiger partial charge on any atom is -0.497 e. The summed E-state index contributed by atoms with van der Waals surface area (Å²) in [7, 11) is 4.05. The van der Waals surface area contributed by atoms with E-state index in [0.717, 1.165) is 24.6 Å². The van der Waals surface area contributed by atoms with E-state index in [-0.39, 0.29) is 0 Å². The smallest absolute Gasteiger partial charge is 0.119 e. The fraction of sp³-hybridized carbons (Fsp3) is 0.667. The summed E-state index contributed by atoms with van der Waals surface area (Å²) in [5.41, 5.74) is 2.90. The number of ether oxygens (including phenoxy) is 1. The lowest BCUT2D eigenvalue weighted by molar-refractivity contribution is 0.142. The van der Waals surface area contributed by atoms with Gasteiger partial charge in [0.05, 0.1) is 7.11 Å². The van der Waals surface area contributed by atoms with E-state index in [1.165, 1.54) is 24.0 Å². The zero-order valence-electron chi connectivity index (χ0n) is 13.7. The van der Waals surface area contributed by atoms with Gasteiger partial charge in [0.15, 0.2) is 0 Å². The monoisotopic (exact) mass is 288 g/mol. The van der Waals surface area contributed by atoms with Crippen LogP contribution in [0.1, 0.15) is 43.9 Å². The van der Waals surface area contributed by atoms with Crippen molar-refractivity contribution in [2.45, 2.75) is 51.2 Å². The average Bonchev–Trinajstić information content (AvgIpc) is 3.29. The van der Waals surface area contributed by atoms with Gasteiger partial charge in [-0.1, -0.05) is 13.0 Å². The van der Waals surface area contributed by atoms with Crippen LogP contribution in [-0.4, -0.2) is 37.7 Å². The summed E-state index contributed by atoms with van der Waals surface area (Å²) in [6, 6.07) is 8.22. The molecule has 116 valence electrons. The summed E-state index contributed by atoms with van der Waals surface area (Å²) >= 11 is 0. The summed E-state index contributed by atoms with van der Waals surface area (Å²) in [6.07, 6.45) is 3.96. The van der Waals surface area contributed by atoms with Crippen LogP contribution in [0.25, 0.3) is 0 Å². The van der Waals surface area contributed by atoms with E-state index in [9.17, 15) is 0 Å². The molecule has 3 heteroatoms. The third-order valence-corrected chi connectivity index (χ3v) is 5.40. The van der Waals surface area contributed by atoms with Crippen LogP contribution in [0.5, 0.6) is 5.75 Å². The fourth-order valence-electron chi connectivity index (χ4n) is 3.78. The maximum absolute atomic E-state index is 5.42. The van der Waals surface area contributed by atoms with Crippen molar-refractivity contribution >= 4 is 0 Å². The van der Waals surface area contributed by atoms with Crippen molar-refractivity contribution in [2.75, 3.05) is 20.7 Å². The van der Waals surface area contributed by atoms with E-state index in [2.05, 4.69) is 49.3 Å². The second-order valence-electron chi connectivity index (χ2n) is 6.62. The Morgan fingerprint density at radius 1 is 1.38 bits per heavy atom. The Balaban J connectivity index is 1.84. The minimum absolute atomic E-state index is 0.422. The molecule has 0 amide bonds. The molecule has 0 bridgehead atoms. The summed E-state index contributed by atoms with van der Waals surface area (Å²) in [4.78, 5) is 2.61. The summed E-state index contributed by atoms with van der Waals surface area (Å²) < 4.78 is 5.42. The first-order valence-corrected chi connectivity index (χ1v) is 8.27. The van der Waals surface area contributed by atoms with Crippen molar-refractivity contribution in [3.05, 3.63) is 29.3 Å². The lowest BCUT2D eigenvalue weighted by Crippen LogP contribution is -2.45. The molecule has 0 spiro atoms. The predicted molar refractivity (Wildman–Crippen MR) is 86.9 cm³/mol. The van der Waals surface area contributed by atoms with Crippen molar-refractivity contribution in [1.82, 2.24) is 10.2 Å². The van der Waals surface area contributed by atoms with Crippen molar-refractivity contribution in [3.63, 3.8) is 0 Å². The number of nitrogens with one attached hydrogen (secondary N) is 1. The van der Waals surface area contributed by atoms with Gasteiger partial charge in [-0.25, -0.2) is 0 Å². The van der Waals surface area contributed by atoms with Crippen LogP contribution in [0.3, 0.4) is 0 Å². The number of benzene rings is 1. The molecule has 3 nitrogen and oxygen atoms in total. The first kappa shape index (κ1) is 14.9. The van der Waals surface area contributed by atoms with Gasteiger partial charge in [-0.3, -0.25) is 4.90 Å². The molecule has 0 aromatic heterocycles. The van der Waals surface area contributed by atoms with Gasteiger partial charge in [0.25, 0.3) is 0 Å². The lowest BCUT2D eigenvalue weighted by atomic mass is 10.0. The number of hydrogen-bond donors (Lipinski definition) is 1. The molecule has 0 saturated heterocycles. The van der Waals surface area contributed by atoms with E-state index in [4.69, 9.17) is 4.74 Å². The van der Waals surface area contributed by atoms with Crippen LogP contribution < -0.4 is 10.1 Å². The second-order valence-corrected chi connectivity index (χ2v) is 6.62. The minimum atomic E-state index is 0.422. The van der Waals surface area contributed by atoms with E-state index in [0.29, 0.717) is 18.1 Å². The highest BCUT2D eigenvalue weighted by Crippen LogP contribution is 2.41. The van der Waals surface area contributed by atoms with Crippen LogP contribution in [0.15, 0.2) is 18.2 Å². The molecule has 1 aromatic rings. The van der Waals surface area contributed by atoms with Gasteiger partial charge in [0.1, 0.15) is 5.75 Å². The van der Waals surface area contributed by atoms with Crippen LogP contribution in [-0.2, 0) is 6.42 Å². The lowest BCUT2D eigenvalue weighted by Gasteiger charge is -2.35. The molecule has 1 fully saturated rings. The number of rotatable bonds is 6. The highest BCUT2D eigenvalue weighted by Gasteiger charge is 2.40. The second kappa shape index (κ2) is 5.98. The number of fused-ring (bicyclic) bond motifs is 1. The number of hydrogen-bond acceptors (Lipinski definition) is 3. The zero-order valence-corrected chi connectivity index (χ0v) is 13.7. The highest BCUT2D eigenvalue weighted by molar-refractivity contribution is 5.43. The van der Waals surface area contributed by atoms with Crippen LogP contribution in [0, 0.1) is 5.92 Å². The molecule has 3 rings (SSSR count). The van der Waals surface area contributed by atoms with Gasteiger partial charge >= 0.3 is 0 Å². The van der Waals surface area contributed by atoms with Gasteiger partial charge in [-0.2, -0.15) is 0 Å². The van der Waals surface area contributed by atoms with Gasteiger partial charge < -0.3 is 10.1 Å². The molecule has 3 unspecified atom stereocenters. The third-order valence-electron chi connectivity index (χ3n) is 5.40. The fourth-order valence-corrected chi connectivity index (χ4v) is 3.78. The molecule has 0 radical (unpaired) electrons. The Bertz CT molecular complexity index is 498. The summed E-state index contributed by atoms with van der Waals surface area (Å²) in [5, 5.41) is 3.70. The highest BCUT2D eigenvalue weighted by atomic mass is 16.5. The molecule has 2 aliphatic rings. The molecule has 1 N–H and O–H groups in total. The molecule has 1 aromatic carbocycles. The Labute approximate surface area is 128 Å². The standard InChI is InChI=1S/C18H28N2O/c1-5-19-18-16-11-15(21-4)9-8-14(16)10-17(18)20(3)12(2)13-6-7-13/h8-9,11-13,17-19H,5-7,10H2,1-4H3. The third kappa shape index (κ3) is 2.82. The van der Waals surface area contributed by atoms with Gasteiger partial charge in [0.2, 0.25) is 0 Å². The Morgan fingerprint density at radius 2 is 2.14 bits per heavy atom. The van der Waals surface area contributed by atoms with Crippen LogP contribution in [0.4, 0.5) is 0 Å². The Morgan fingerprint density at radius 3 is 2.76 bits per heavy atom. The molecular formula is C18H28N2O. The Kier molecular flexibility index (Phi) is 4.23. The zero-order chi connectivity index (χ0) is 15.0. The molecule has 21 heavy (non-hydrogen) atoms. The average molecular weight is 288 g/mol. The Hall–Kier alpha value is -1.06. The topological polar surface area (TPSA) is 24.5 Å². The summed E-state index contributed by atoms with van der Waals surface area (Å²) in [6.45, 7) is 5.59. The number of likely N-dealkylation sites (N-methyl/N-ethyl adjacent to an activating group) is 2. The molecule has 1 saturated carbocycles. The van der Waals surface area contributed by atoms with Crippen LogP contribution >= 0.6 is 0 Å². The molecule has 0 heterocycles. The maximum Gasteiger partial charge on any atom is 0.119 e. The van der Waals surface area contributed by atoms with Gasteiger partial charge in [-0.15, -0.1) is 0 Å². The van der Waals surface area contributed by atoms with Gasteiger partial charge in [-0.05, 0) is 69.0 Å². The maximum atomic E-state index is 5.42. The number of nitrogens with zero attached hydrogens (tertiary/aromatic N) is 1. The van der Waals surface area contributed by atoms with Crippen molar-refractivity contribution in [2.24, 2.45) is 5.92 Å². The number of methoxy groups -OCH3 is 1. The first-order valence-electron chi connectivity index (χ1n) is 8.27. The van der Waals surface area contributed by atoms with E-state index in [1.54, 1.807) is 7.11 Å². The van der Waals surface area contributed by atoms with Crippen molar-refractivity contribution < 1.29 is 4.74 Å². The normalized spacial score (nSPS) is 26.0. The predicted octanol–water partition coefficient (Wildman–Crippen LogP) is 3.00. The summed E-state index contributed by atoms with van der Waals surface area (Å²) in [5.74, 6) is 1.88. The van der Waals surface area contributed by atoms with E-state index in [1.807, 2.05) is 0 Å². The molecule has 3 atom stereocenters. The van der Waals surface area contributed by atoms with Crippen LogP contribution in [0.2, 0.25) is 0 Å². The van der Waals surface area contributed by atoms with Gasteiger partial charge in [0, 0.05) is 18.1 Å². The molecule has 2 aliphatic carbocycles.